The first-order valence-electron chi connectivity index (χ1n) is 5.89. The van der Waals surface area contributed by atoms with E-state index in [4.69, 9.17) is 0 Å². The highest BCUT2D eigenvalue weighted by molar-refractivity contribution is 5.79. The van der Waals surface area contributed by atoms with Crippen LogP contribution in [-0.4, -0.2) is 35.1 Å². The maximum atomic E-state index is 11.8. The average Bonchev–Trinajstić information content (AvgIpc) is 2.66. The lowest BCUT2D eigenvalue weighted by Gasteiger charge is -2.18. The van der Waals surface area contributed by atoms with Gasteiger partial charge in [-0.1, -0.05) is 11.6 Å². The van der Waals surface area contributed by atoms with E-state index in [1.165, 1.54) is 18.4 Å². The molecule has 3 heteroatoms. The summed E-state index contributed by atoms with van der Waals surface area (Å²) in [6.07, 6.45) is 7.94. The number of carbonyl (C=O) groups is 1. The van der Waals surface area contributed by atoms with Gasteiger partial charge in [0.05, 0.1) is 6.10 Å². The van der Waals surface area contributed by atoms with Crippen molar-refractivity contribution in [2.24, 2.45) is 0 Å². The van der Waals surface area contributed by atoms with E-state index in [1.807, 2.05) is 0 Å². The number of hydrogen-bond acceptors (Lipinski definition) is 2. The van der Waals surface area contributed by atoms with Gasteiger partial charge in [-0.2, -0.15) is 0 Å². The molecule has 1 aliphatic carbocycles. The normalized spacial score (nSPS) is 26.6. The molecule has 1 fully saturated rings. The topological polar surface area (TPSA) is 40.5 Å². The van der Waals surface area contributed by atoms with Crippen LogP contribution in [0.2, 0.25) is 0 Å². The SMILES string of the molecule is O=C(CC1=CCCCC1)N1CC[C@@H](O)C1. The van der Waals surface area contributed by atoms with E-state index in [9.17, 15) is 9.90 Å². The molecule has 0 radical (unpaired) electrons. The quantitative estimate of drug-likeness (QED) is 0.700. The van der Waals surface area contributed by atoms with Crippen molar-refractivity contribution in [1.82, 2.24) is 4.90 Å². The van der Waals surface area contributed by atoms with Gasteiger partial charge < -0.3 is 10.0 Å². The van der Waals surface area contributed by atoms with Gasteiger partial charge in [-0.25, -0.2) is 0 Å². The van der Waals surface area contributed by atoms with Gasteiger partial charge in [-0.15, -0.1) is 0 Å². The van der Waals surface area contributed by atoms with E-state index in [-0.39, 0.29) is 12.0 Å². The van der Waals surface area contributed by atoms with Crippen molar-refractivity contribution in [3.05, 3.63) is 11.6 Å². The molecule has 1 atom stereocenters. The van der Waals surface area contributed by atoms with Crippen molar-refractivity contribution >= 4 is 5.91 Å². The summed E-state index contributed by atoms with van der Waals surface area (Å²) in [6, 6.07) is 0. The van der Waals surface area contributed by atoms with Gasteiger partial charge >= 0.3 is 0 Å². The number of aliphatic hydroxyl groups excluding tert-OH is 1. The Morgan fingerprint density at radius 2 is 2.40 bits per heavy atom. The second kappa shape index (κ2) is 4.79. The minimum atomic E-state index is -0.297. The molecule has 0 bridgehead atoms. The Hall–Kier alpha value is -0.830. The zero-order valence-corrected chi connectivity index (χ0v) is 9.11. The number of amides is 1. The molecule has 0 aromatic rings. The Bertz CT molecular complexity index is 273. The predicted molar refractivity (Wildman–Crippen MR) is 58.4 cm³/mol. The van der Waals surface area contributed by atoms with Crippen molar-refractivity contribution in [3.63, 3.8) is 0 Å². The summed E-state index contributed by atoms with van der Waals surface area (Å²) in [5.41, 5.74) is 1.30. The highest BCUT2D eigenvalue weighted by Crippen LogP contribution is 2.21. The van der Waals surface area contributed by atoms with Crippen molar-refractivity contribution in [2.75, 3.05) is 13.1 Å². The number of carbonyl (C=O) groups excluding carboxylic acids is 1. The van der Waals surface area contributed by atoms with Crippen LogP contribution in [0.5, 0.6) is 0 Å². The third-order valence-electron chi connectivity index (χ3n) is 3.28. The number of allylic oxidation sites excluding steroid dienone is 1. The van der Waals surface area contributed by atoms with Gasteiger partial charge in [0.15, 0.2) is 0 Å². The molecular formula is C12H19NO2. The average molecular weight is 209 g/mol. The van der Waals surface area contributed by atoms with Gasteiger partial charge in [-0.05, 0) is 32.1 Å². The largest absolute Gasteiger partial charge is 0.391 e. The van der Waals surface area contributed by atoms with Crippen LogP contribution in [0.3, 0.4) is 0 Å². The summed E-state index contributed by atoms with van der Waals surface area (Å²) in [6.45, 7) is 1.26. The molecule has 84 valence electrons. The highest BCUT2D eigenvalue weighted by Gasteiger charge is 2.24. The first kappa shape index (κ1) is 10.7. The molecular weight excluding hydrogens is 190 g/mol. The maximum Gasteiger partial charge on any atom is 0.226 e. The molecule has 1 amide bonds. The Morgan fingerprint density at radius 3 is 3.00 bits per heavy atom. The number of aliphatic hydroxyl groups is 1. The molecule has 0 aromatic carbocycles. The van der Waals surface area contributed by atoms with E-state index in [2.05, 4.69) is 6.08 Å². The predicted octanol–water partition coefficient (Wildman–Crippen LogP) is 1.47. The third-order valence-corrected chi connectivity index (χ3v) is 3.28. The van der Waals surface area contributed by atoms with Crippen LogP contribution in [0.25, 0.3) is 0 Å². The maximum absolute atomic E-state index is 11.8. The number of likely N-dealkylation sites (tertiary alicyclic amines) is 1. The summed E-state index contributed by atoms with van der Waals surface area (Å²) in [7, 11) is 0. The molecule has 1 heterocycles. The van der Waals surface area contributed by atoms with Gasteiger partial charge in [-0.3, -0.25) is 4.79 Å². The van der Waals surface area contributed by atoms with Crippen LogP contribution in [0.15, 0.2) is 11.6 Å². The molecule has 2 rings (SSSR count). The summed E-state index contributed by atoms with van der Waals surface area (Å²) < 4.78 is 0. The fourth-order valence-corrected chi connectivity index (χ4v) is 2.34. The van der Waals surface area contributed by atoms with E-state index >= 15 is 0 Å². The van der Waals surface area contributed by atoms with Crippen LogP contribution in [0.4, 0.5) is 0 Å². The lowest BCUT2D eigenvalue weighted by molar-refractivity contribution is -0.129. The monoisotopic (exact) mass is 209 g/mol. The number of hydrogen-bond donors (Lipinski definition) is 1. The minimum absolute atomic E-state index is 0.194. The molecule has 2 aliphatic rings. The van der Waals surface area contributed by atoms with E-state index in [0.29, 0.717) is 13.0 Å². The molecule has 0 aromatic heterocycles. The van der Waals surface area contributed by atoms with Crippen LogP contribution in [0.1, 0.15) is 38.5 Å². The smallest absolute Gasteiger partial charge is 0.226 e. The van der Waals surface area contributed by atoms with Gasteiger partial charge in [0.25, 0.3) is 0 Å². The standard InChI is InChI=1S/C12H19NO2/c14-11-6-7-13(9-11)12(15)8-10-4-2-1-3-5-10/h4,11,14H,1-3,5-9H2/t11-/m1/s1. The minimum Gasteiger partial charge on any atom is -0.391 e. The van der Waals surface area contributed by atoms with Crippen LogP contribution in [-0.2, 0) is 4.79 Å². The first-order valence-corrected chi connectivity index (χ1v) is 5.89. The molecule has 0 unspecified atom stereocenters. The highest BCUT2D eigenvalue weighted by atomic mass is 16.3. The third kappa shape index (κ3) is 2.81. The van der Waals surface area contributed by atoms with Crippen molar-refractivity contribution < 1.29 is 9.90 Å². The summed E-state index contributed by atoms with van der Waals surface area (Å²) in [5, 5.41) is 9.35. The first-order chi connectivity index (χ1) is 7.25. The molecule has 1 saturated heterocycles. The molecule has 0 spiro atoms. The number of nitrogens with zero attached hydrogens (tertiary/aromatic N) is 1. The summed E-state index contributed by atoms with van der Waals surface area (Å²) >= 11 is 0. The Balaban J connectivity index is 1.83. The summed E-state index contributed by atoms with van der Waals surface area (Å²) in [5.74, 6) is 0.194. The van der Waals surface area contributed by atoms with E-state index in [1.54, 1.807) is 4.90 Å². The van der Waals surface area contributed by atoms with Crippen LogP contribution >= 0.6 is 0 Å². The second-order valence-corrected chi connectivity index (χ2v) is 4.57. The lowest BCUT2D eigenvalue weighted by Crippen LogP contribution is -2.29. The zero-order chi connectivity index (χ0) is 10.7. The molecule has 3 nitrogen and oxygen atoms in total. The Kier molecular flexibility index (Phi) is 3.41. The summed E-state index contributed by atoms with van der Waals surface area (Å²) in [4.78, 5) is 13.6. The fourth-order valence-electron chi connectivity index (χ4n) is 2.34. The molecule has 15 heavy (non-hydrogen) atoms. The van der Waals surface area contributed by atoms with Crippen molar-refractivity contribution in [3.8, 4) is 0 Å². The Labute approximate surface area is 90.8 Å². The van der Waals surface area contributed by atoms with Crippen molar-refractivity contribution in [1.29, 1.82) is 0 Å². The fraction of sp³-hybridized carbons (Fsp3) is 0.750. The Morgan fingerprint density at radius 1 is 1.53 bits per heavy atom. The number of rotatable bonds is 2. The molecule has 1 N–H and O–H groups in total. The lowest BCUT2D eigenvalue weighted by atomic mass is 9.97. The number of β-amino-alcohol motifs (C(OH)–C–C–N with tert-alkyl or cyclic N) is 1. The van der Waals surface area contributed by atoms with Crippen molar-refractivity contribution in [2.45, 2.75) is 44.6 Å². The second-order valence-electron chi connectivity index (χ2n) is 4.57. The molecule has 1 aliphatic heterocycles. The van der Waals surface area contributed by atoms with E-state index < -0.39 is 0 Å². The van der Waals surface area contributed by atoms with Crippen LogP contribution in [0, 0.1) is 0 Å². The van der Waals surface area contributed by atoms with Gasteiger partial charge in [0.1, 0.15) is 0 Å². The van der Waals surface area contributed by atoms with E-state index in [0.717, 1.165) is 25.8 Å². The van der Waals surface area contributed by atoms with Crippen LogP contribution < -0.4 is 0 Å². The van der Waals surface area contributed by atoms with Gasteiger partial charge in [0.2, 0.25) is 5.91 Å². The van der Waals surface area contributed by atoms with Gasteiger partial charge in [0, 0.05) is 19.5 Å². The molecule has 0 saturated carbocycles. The zero-order valence-electron chi connectivity index (χ0n) is 9.11.